The molecule has 0 nitrogen and oxygen atoms in total. The van der Waals surface area contributed by atoms with Gasteiger partial charge in [0, 0.05) is 9.52 Å². The fraction of sp³-hybridized carbons (Fsp3) is 0.344. The molecule has 0 aliphatic rings. The SMILES string of the molecule is CCc1cc2c(-c3cc(C(C)(C)C)cc(C(C)(C)C)c3)c(-c3ccccc3)ccc2[cH-]1.CCc1cc2c(-c3cc(C(C)(C)C)cc(C(C)(C)C)c3)c(-c3ccccc3)ccc2[cH-]1.C[Si]C.[Cl][Zr+2][Cl]. The number of hydrogen-bond donors (Lipinski definition) is 0. The average molecular weight is 1040 g/mol. The van der Waals surface area contributed by atoms with Crippen molar-refractivity contribution in [1.82, 2.24) is 0 Å². The first-order valence-electron chi connectivity index (χ1n) is 24.4. The molecule has 4 heteroatoms. The standard InChI is InChI=1S/2C31H35.C2H6Si.2ClH.Zr/c2*1-8-21-16-23-14-15-27(22-12-10-9-11-13-22)29(28(23)17-21)24-18-25(30(2,3)4)20-26(19-24)31(5,6)7;1-3-2;;;/h2*9-20H,8H2,1-7H3;1-2H3;2*1H;/q2*-1;;;;+4/p-2. The van der Waals surface area contributed by atoms with E-state index in [9.17, 15) is 0 Å². The van der Waals surface area contributed by atoms with Crippen LogP contribution in [0.1, 0.15) is 130 Å². The Balaban J connectivity index is 0.000000228. The third-order valence-corrected chi connectivity index (χ3v) is 12.8. The molecule has 2 radical (unpaired) electrons. The van der Waals surface area contributed by atoms with Gasteiger partial charge >= 0.3 is 37.9 Å². The molecule has 354 valence electrons. The fourth-order valence-electron chi connectivity index (χ4n) is 8.71. The van der Waals surface area contributed by atoms with E-state index in [0.717, 1.165) is 22.4 Å². The zero-order valence-corrected chi connectivity index (χ0v) is 49.0. The van der Waals surface area contributed by atoms with E-state index in [2.05, 4.69) is 256 Å². The van der Waals surface area contributed by atoms with Crippen molar-refractivity contribution in [1.29, 1.82) is 0 Å². The topological polar surface area (TPSA) is 0 Å². The first kappa shape index (κ1) is 55.2. The van der Waals surface area contributed by atoms with Crippen molar-refractivity contribution in [3.8, 4) is 44.5 Å². The first-order chi connectivity index (χ1) is 32.0. The van der Waals surface area contributed by atoms with Crippen LogP contribution >= 0.6 is 17.0 Å². The van der Waals surface area contributed by atoms with Gasteiger partial charge in [0.05, 0.1) is 0 Å². The number of hydrogen-bond acceptors (Lipinski definition) is 0. The Morgan fingerprint density at radius 3 is 0.941 bits per heavy atom. The molecule has 8 aromatic carbocycles. The maximum atomic E-state index is 4.93. The number of aryl methyl sites for hydroxylation is 2. The predicted octanol–water partition coefficient (Wildman–Crippen LogP) is 20.3. The van der Waals surface area contributed by atoms with Crippen LogP contribution in [0.15, 0.2) is 146 Å². The minimum absolute atomic E-state index is 0.0947. The van der Waals surface area contributed by atoms with Gasteiger partial charge in [0.1, 0.15) is 0 Å². The Morgan fingerprint density at radius 2 is 0.691 bits per heavy atom. The van der Waals surface area contributed by atoms with Gasteiger partial charge in [-0.3, -0.25) is 0 Å². The summed E-state index contributed by atoms with van der Waals surface area (Å²) < 4.78 is 0. The summed E-state index contributed by atoms with van der Waals surface area (Å²) >= 11 is -0.826. The molecular formula is C64H76Cl2SiZr. The Kier molecular flexibility index (Phi) is 19.0. The Morgan fingerprint density at radius 1 is 0.412 bits per heavy atom. The van der Waals surface area contributed by atoms with Gasteiger partial charge in [-0.15, -0.1) is 56.9 Å². The molecule has 8 rings (SSSR count). The Labute approximate surface area is 433 Å². The number of rotatable bonds is 6. The van der Waals surface area contributed by atoms with Gasteiger partial charge in [-0.05, 0) is 90.1 Å². The van der Waals surface area contributed by atoms with E-state index in [-0.39, 0.29) is 21.7 Å². The van der Waals surface area contributed by atoms with E-state index >= 15 is 0 Å². The maximum absolute atomic E-state index is 4.93. The Bertz CT molecular complexity index is 2600. The summed E-state index contributed by atoms with van der Waals surface area (Å²) in [4.78, 5) is 0. The van der Waals surface area contributed by atoms with E-state index in [1.54, 1.807) is 0 Å². The van der Waals surface area contributed by atoms with Crippen LogP contribution in [0.5, 0.6) is 0 Å². The molecular weight excluding hydrogens is 959 g/mol. The van der Waals surface area contributed by atoms with Gasteiger partial charge in [-0.25, -0.2) is 0 Å². The van der Waals surface area contributed by atoms with Gasteiger partial charge < -0.3 is 0 Å². The van der Waals surface area contributed by atoms with Gasteiger partial charge in [-0.2, -0.15) is 12.1 Å². The molecule has 0 aromatic heterocycles. The van der Waals surface area contributed by atoms with Crippen LogP contribution < -0.4 is 0 Å². The summed E-state index contributed by atoms with van der Waals surface area (Å²) in [5, 5.41) is 5.41. The van der Waals surface area contributed by atoms with Crippen LogP contribution in [0.25, 0.3) is 66.1 Å². The van der Waals surface area contributed by atoms with Crippen molar-refractivity contribution in [3.63, 3.8) is 0 Å². The molecule has 0 atom stereocenters. The minimum atomic E-state index is -0.826. The third kappa shape index (κ3) is 13.8. The number of fused-ring (bicyclic) bond motifs is 2. The molecule has 8 aromatic rings. The summed E-state index contributed by atoms with van der Waals surface area (Å²) in [6.07, 6.45) is 2.12. The van der Waals surface area contributed by atoms with Crippen LogP contribution in [0.2, 0.25) is 13.1 Å². The second-order valence-electron chi connectivity index (χ2n) is 22.3. The monoisotopic (exact) mass is 1030 g/mol. The second kappa shape index (κ2) is 23.4. The molecule has 0 amide bonds. The summed E-state index contributed by atoms with van der Waals surface area (Å²) in [6, 6.07) is 54.9. The molecule has 0 unspecified atom stereocenters. The summed E-state index contributed by atoms with van der Waals surface area (Å²) in [7, 11) is 11.0. The van der Waals surface area contributed by atoms with Crippen molar-refractivity contribution in [2.75, 3.05) is 0 Å². The van der Waals surface area contributed by atoms with Crippen molar-refractivity contribution in [3.05, 3.63) is 179 Å². The molecule has 0 bridgehead atoms. The van der Waals surface area contributed by atoms with E-state index < -0.39 is 20.8 Å². The molecule has 68 heavy (non-hydrogen) atoms. The Hall–Kier alpha value is -3.78. The van der Waals surface area contributed by atoms with Crippen LogP contribution in [0.3, 0.4) is 0 Å². The molecule has 0 saturated carbocycles. The number of benzene rings is 6. The average Bonchev–Trinajstić information content (AvgIpc) is 3.93. The van der Waals surface area contributed by atoms with Crippen molar-refractivity contribution in [2.24, 2.45) is 0 Å². The quantitative estimate of drug-likeness (QED) is 0.115. The van der Waals surface area contributed by atoms with E-state index in [0.29, 0.717) is 0 Å². The molecule has 0 heterocycles. The molecule has 0 spiro atoms. The molecule has 0 aliphatic heterocycles. The van der Waals surface area contributed by atoms with E-state index in [1.165, 1.54) is 99.4 Å². The summed E-state index contributed by atoms with van der Waals surface area (Å²) in [5.41, 5.74) is 19.3. The van der Waals surface area contributed by atoms with E-state index in [4.69, 9.17) is 17.0 Å². The predicted molar refractivity (Wildman–Crippen MR) is 304 cm³/mol. The van der Waals surface area contributed by atoms with Gasteiger partial charge in [-0.1, -0.05) is 230 Å². The third-order valence-electron chi connectivity index (χ3n) is 12.8. The first-order valence-corrected chi connectivity index (χ1v) is 32.7. The van der Waals surface area contributed by atoms with E-state index in [1.807, 2.05) is 0 Å². The second-order valence-corrected chi connectivity index (χ2v) is 27.0. The van der Waals surface area contributed by atoms with Crippen molar-refractivity contribution >= 4 is 48.1 Å². The zero-order valence-electron chi connectivity index (χ0n) is 44.0. The van der Waals surface area contributed by atoms with Crippen LogP contribution in [0.4, 0.5) is 0 Å². The van der Waals surface area contributed by atoms with Crippen LogP contribution in [-0.4, -0.2) is 9.52 Å². The number of halogens is 2. The normalized spacial score (nSPS) is 11.8. The zero-order chi connectivity index (χ0) is 50.2. The summed E-state index contributed by atoms with van der Waals surface area (Å²) in [5.74, 6) is 0. The van der Waals surface area contributed by atoms with Gasteiger partial charge in [0.2, 0.25) is 0 Å². The molecule has 0 fully saturated rings. The van der Waals surface area contributed by atoms with Gasteiger partial charge in [0.15, 0.2) is 0 Å². The van der Waals surface area contributed by atoms with Crippen molar-refractivity contribution < 1.29 is 20.8 Å². The van der Waals surface area contributed by atoms with Gasteiger partial charge in [0.25, 0.3) is 0 Å². The summed E-state index contributed by atoms with van der Waals surface area (Å²) in [6.45, 7) is 36.6. The van der Waals surface area contributed by atoms with Crippen LogP contribution in [-0.2, 0) is 55.3 Å². The van der Waals surface area contributed by atoms with Crippen LogP contribution in [0, 0.1) is 0 Å². The van der Waals surface area contributed by atoms with Crippen molar-refractivity contribution in [2.45, 2.75) is 145 Å². The molecule has 0 aliphatic carbocycles. The molecule has 0 saturated heterocycles. The fourth-order valence-corrected chi connectivity index (χ4v) is 8.71. The molecule has 0 N–H and O–H groups in total.